The fourth-order valence-electron chi connectivity index (χ4n) is 4.85. The Hall–Kier alpha value is 0. The van der Waals surface area contributed by atoms with Crippen molar-refractivity contribution in [3.63, 3.8) is 0 Å². The maximum Gasteiger partial charge on any atom is -0.0412 e. The summed E-state index contributed by atoms with van der Waals surface area (Å²) in [6.07, 6.45) is 32.3. The summed E-state index contributed by atoms with van der Waals surface area (Å²) in [5, 5.41) is 0. The predicted octanol–water partition coefficient (Wildman–Crippen LogP) is 10.9. The molecule has 0 nitrogen and oxygen atoms in total. The van der Waals surface area contributed by atoms with Gasteiger partial charge in [0.1, 0.15) is 0 Å². The third-order valence-corrected chi connectivity index (χ3v) is 6.78. The highest BCUT2D eigenvalue weighted by Crippen LogP contribution is 2.31. The first-order chi connectivity index (χ1) is 13.8. The van der Waals surface area contributed by atoms with Gasteiger partial charge in [-0.1, -0.05) is 163 Å². The predicted molar refractivity (Wildman–Crippen MR) is 131 cm³/mol. The summed E-state index contributed by atoms with van der Waals surface area (Å²) in [5.41, 5.74) is 0. The number of hydrogen-bond donors (Lipinski definition) is 0. The molecule has 0 N–H and O–H groups in total. The van der Waals surface area contributed by atoms with Crippen LogP contribution in [0.5, 0.6) is 0 Å². The smallest absolute Gasteiger partial charge is 0.0412 e. The highest BCUT2D eigenvalue weighted by atomic mass is 14.2. The molecule has 0 heteroatoms. The molecule has 0 aliphatic carbocycles. The first kappa shape index (κ1) is 28.0. The van der Waals surface area contributed by atoms with Crippen molar-refractivity contribution < 1.29 is 0 Å². The average Bonchev–Trinajstić information content (AvgIpc) is 2.70. The van der Waals surface area contributed by atoms with Crippen molar-refractivity contribution in [2.75, 3.05) is 0 Å². The van der Waals surface area contributed by atoms with Crippen molar-refractivity contribution in [1.82, 2.24) is 0 Å². The van der Waals surface area contributed by atoms with Crippen molar-refractivity contribution >= 4 is 0 Å². The van der Waals surface area contributed by atoms with Crippen molar-refractivity contribution in [3.05, 3.63) is 0 Å². The van der Waals surface area contributed by atoms with Gasteiger partial charge in [-0.25, -0.2) is 0 Å². The number of rotatable bonds is 23. The summed E-state index contributed by atoms with van der Waals surface area (Å²) in [7, 11) is 0. The van der Waals surface area contributed by atoms with Crippen LogP contribution in [-0.2, 0) is 0 Å². The van der Waals surface area contributed by atoms with E-state index < -0.39 is 0 Å². The maximum atomic E-state index is 2.35. The molecule has 0 saturated heterocycles. The first-order valence-corrected chi connectivity index (χ1v) is 13.8. The minimum Gasteiger partial charge on any atom is -0.0654 e. The van der Waals surface area contributed by atoms with E-state index in [2.05, 4.69) is 27.7 Å². The van der Waals surface area contributed by atoms with Crippen LogP contribution in [-0.4, -0.2) is 0 Å². The molecule has 28 heavy (non-hydrogen) atoms. The average molecular weight is 395 g/mol. The van der Waals surface area contributed by atoms with Crippen LogP contribution >= 0.6 is 0 Å². The minimum absolute atomic E-state index is 1.03. The Morgan fingerprint density at radius 1 is 0.321 bits per heavy atom. The molecule has 0 aliphatic rings. The fourth-order valence-corrected chi connectivity index (χ4v) is 4.85. The van der Waals surface area contributed by atoms with E-state index in [1.54, 1.807) is 6.42 Å². The largest absolute Gasteiger partial charge is 0.0654 e. The third-order valence-electron chi connectivity index (χ3n) is 6.78. The molecule has 2 atom stereocenters. The van der Waals surface area contributed by atoms with Crippen molar-refractivity contribution in [2.45, 2.75) is 169 Å². The van der Waals surface area contributed by atoms with Gasteiger partial charge in [-0.15, -0.1) is 0 Å². The normalized spacial score (nSPS) is 13.7. The molecule has 170 valence electrons. The van der Waals surface area contributed by atoms with Crippen LogP contribution in [0.15, 0.2) is 0 Å². The van der Waals surface area contributed by atoms with Crippen LogP contribution in [0, 0.1) is 11.8 Å². The zero-order chi connectivity index (χ0) is 20.7. The van der Waals surface area contributed by atoms with E-state index in [-0.39, 0.29) is 0 Å². The molecular formula is C28H58. The molecule has 0 heterocycles. The Bertz CT molecular complexity index is 269. The summed E-state index contributed by atoms with van der Waals surface area (Å²) < 4.78 is 0. The molecule has 0 fully saturated rings. The summed E-state index contributed by atoms with van der Waals surface area (Å²) in [6.45, 7) is 9.36. The molecule has 0 spiro atoms. The molecule has 0 aromatic heterocycles. The fraction of sp³-hybridized carbons (Fsp3) is 1.00. The molecule has 0 bridgehead atoms. The summed E-state index contributed by atoms with van der Waals surface area (Å²) >= 11 is 0. The Morgan fingerprint density at radius 3 is 0.929 bits per heavy atom. The highest BCUT2D eigenvalue weighted by molar-refractivity contribution is 4.69. The second-order valence-electron chi connectivity index (χ2n) is 9.72. The van der Waals surface area contributed by atoms with Gasteiger partial charge in [0.05, 0.1) is 0 Å². The Kier molecular flexibility index (Phi) is 23.3. The maximum absolute atomic E-state index is 2.35. The molecule has 0 aromatic rings. The quantitative estimate of drug-likeness (QED) is 0.151. The molecule has 0 radical (unpaired) electrons. The lowest BCUT2D eigenvalue weighted by Gasteiger charge is -2.24. The van der Waals surface area contributed by atoms with Crippen LogP contribution in [0.3, 0.4) is 0 Å². The summed E-state index contributed by atoms with van der Waals surface area (Å²) in [4.78, 5) is 0. The SMILES string of the molecule is CCCCCCCC(CCCCC)CC(CCCCCC)CCCCCCC. The van der Waals surface area contributed by atoms with Crippen LogP contribution in [0.2, 0.25) is 0 Å². The lowest BCUT2D eigenvalue weighted by molar-refractivity contribution is 0.283. The first-order valence-electron chi connectivity index (χ1n) is 13.8. The van der Waals surface area contributed by atoms with Gasteiger partial charge in [-0.3, -0.25) is 0 Å². The molecule has 0 amide bonds. The zero-order valence-corrected chi connectivity index (χ0v) is 20.7. The van der Waals surface area contributed by atoms with E-state index in [4.69, 9.17) is 0 Å². The lowest BCUT2D eigenvalue weighted by atomic mass is 9.82. The van der Waals surface area contributed by atoms with Crippen molar-refractivity contribution in [3.8, 4) is 0 Å². The van der Waals surface area contributed by atoms with Crippen molar-refractivity contribution in [2.24, 2.45) is 11.8 Å². The van der Waals surface area contributed by atoms with Crippen molar-refractivity contribution in [1.29, 1.82) is 0 Å². The van der Waals surface area contributed by atoms with E-state index in [1.807, 2.05) is 0 Å². The zero-order valence-electron chi connectivity index (χ0n) is 20.7. The topological polar surface area (TPSA) is 0 Å². The van der Waals surface area contributed by atoms with Crippen LogP contribution in [0.4, 0.5) is 0 Å². The second kappa shape index (κ2) is 23.3. The summed E-state index contributed by atoms with van der Waals surface area (Å²) in [6, 6.07) is 0. The molecule has 0 saturated carbocycles. The Labute approximate surface area is 181 Å². The van der Waals surface area contributed by atoms with Gasteiger partial charge in [0, 0.05) is 0 Å². The number of unbranched alkanes of at least 4 members (excludes halogenated alkanes) is 13. The third kappa shape index (κ3) is 19.3. The highest BCUT2D eigenvalue weighted by Gasteiger charge is 2.16. The van der Waals surface area contributed by atoms with E-state index in [0.717, 1.165) is 11.8 Å². The van der Waals surface area contributed by atoms with Crippen LogP contribution in [0.25, 0.3) is 0 Å². The molecule has 2 unspecified atom stereocenters. The monoisotopic (exact) mass is 394 g/mol. The Balaban J connectivity index is 4.41. The lowest BCUT2D eigenvalue weighted by Crippen LogP contribution is -2.10. The van der Waals surface area contributed by atoms with Gasteiger partial charge in [-0.2, -0.15) is 0 Å². The minimum atomic E-state index is 1.03. The standard InChI is InChI=1S/C28H58/c1-5-9-13-16-20-24-27(22-18-12-8-4)26-28(23-19-15-11-7-3)25-21-17-14-10-6-2/h27-28H,5-26H2,1-4H3. The molecule has 0 aliphatic heterocycles. The van der Waals surface area contributed by atoms with E-state index >= 15 is 0 Å². The molecule has 0 aromatic carbocycles. The van der Waals surface area contributed by atoms with Crippen LogP contribution in [0.1, 0.15) is 169 Å². The van der Waals surface area contributed by atoms with Gasteiger partial charge < -0.3 is 0 Å². The summed E-state index contributed by atoms with van der Waals surface area (Å²) in [5.74, 6) is 2.06. The van der Waals surface area contributed by atoms with Gasteiger partial charge in [-0.05, 0) is 18.3 Å². The molecule has 0 rings (SSSR count). The van der Waals surface area contributed by atoms with E-state index in [0.29, 0.717) is 0 Å². The van der Waals surface area contributed by atoms with Gasteiger partial charge in [0.25, 0.3) is 0 Å². The van der Waals surface area contributed by atoms with E-state index in [1.165, 1.54) is 135 Å². The van der Waals surface area contributed by atoms with Gasteiger partial charge in [0.2, 0.25) is 0 Å². The van der Waals surface area contributed by atoms with E-state index in [9.17, 15) is 0 Å². The van der Waals surface area contributed by atoms with Gasteiger partial charge in [0.15, 0.2) is 0 Å². The molecular weight excluding hydrogens is 336 g/mol. The number of hydrogen-bond acceptors (Lipinski definition) is 0. The van der Waals surface area contributed by atoms with Gasteiger partial charge >= 0.3 is 0 Å². The second-order valence-corrected chi connectivity index (χ2v) is 9.72. The van der Waals surface area contributed by atoms with Crippen LogP contribution < -0.4 is 0 Å². The Morgan fingerprint density at radius 2 is 0.571 bits per heavy atom.